The second-order valence-corrected chi connectivity index (χ2v) is 3.79. The maximum atomic E-state index is 9.82. The van der Waals surface area contributed by atoms with Gasteiger partial charge < -0.3 is 15.3 Å². The van der Waals surface area contributed by atoms with E-state index in [0.29, 0.717) is 30.1 Å². The number of nitrogens with two attached hydrogens (primary N) is 1. The molecule has 0 aliphatic heterocycles. The number of phenols is 1. The Kier molecular flexibility index (Phi) is 3.44. The van der Waals surface area contributed by atoms with E-state index in [1.807, 2.05) is 19.1 Å². The van der Waals surface area contributed by atoms with Gasteiger partial charge in [-0.3, -0.25) is 0 Å². The van der Waals surface area contributed by atoms with Gasteiger partial charge in [-0.25, -0.2) is 4.98 Å². The van der Waals surface area contributed by atoms with Crippen LogP contribution in [0.25, 0.3) is 11.3 Å². The zero-order valence-electron chi connectivity index (χ0n) is 9.81. The van der Waals surface area contributed by atoms with Gasteiger partial charge in [-0.15, -0.1) is 0 Å². The number of benzene rings is 1. The molecular weight excluding hydrogens is 216 g/mol. The van der Waals surface area contributed by atoms with Crippen molar-refractivity contribution in [2.45, 2.75) is 19.8 Å². The normalized spacial score (nSPS) is 10.7. The number of aryl methyl sites for hydroxylation is 1. The molecule has 0 aliphatic carbocycles. The van der Waals surface area contributed by atoms with Crippen LogP contribution in [0.1, 0.15) is 18.6 Å². The minimum Gasteiger partial charge on any atom is -0.507 e. The van der Waals surface area contributed by atoms with Crippen molar-refractivity contribution in [3.8, 4) is 17.0 Å². The number of oxazole rings is 1. The van der Waals surface area contributed by atoms with E-state index >= 15 is 0 Å². The third-order valence-corrected chi connectivity index (χ3v) is 2.58. The van der Waals surface area contributed by atoms with Crippen LogP contribution in [0.5, 0.6) is 5.75 Å². The zero-order valence-corrected chi connectivity index (χ0v) is 9.81. The first-order valence-electron chi connectivity index (χ1n) is 5.73. The van der Waals surface area contributed by atoms with Gasteiger partial charge >= 0.3 is 0 Å². The van der Waals surface area contributed by atoms with Gasteiger partial charge in [0, 0.05) is 24.9 Å². The van der Waals surface area contributed by atoms with Crippen LogP contribution in [0.4, 0.5) is 0 Å². The quantitative estimate of drug-likeness (QED) is 0.846. The molecule has 1 aromatic carbocycles. The van der Waals surface area contributed by atoms with E-state index in [9.17, 15) is 5.11 Å². The molecule has 0 atom stereocenters. The third-order valence-electron chi connectivity index (χ3n) is 2.58. The topological polar surface area (TPSA) is 72.3 Å². The Morgan fingerprint density at radius 1 is 1.35 bits per heavy atom. The van der Waals surface area contributed by atoms with Gasteiger partial charge in [-0.05, 0) is 12.1 Å². The average Bonchev–Trinajstić information content (AvgIpc) is 2.73. The Bertz CT molecular complexity index is 506. The van der Waals surface area contributed by atoms with Crippen molar-refractivity contribution in [2.75, 3.05) is 6.54 Å². The van der Waals surface area contributed by atoms with E-state index in [-0.39, 0.29) is 5.75 Å². The molecule has 0 spiro atoms. The molecule has 1 aromatic heterocycles. The highest BCUT2D eigenvalue weighted by molar-refractivity contribution is 5.68. The highest BCUT2D eigenvalue weighted by Crippen LogP contribution is 2.31. The van der Waals surface area contributed by atoms with Crippen LogP contribution < -0.4 is 5.73 Å². The molecule has 17 heavy (non-hydrogen) atoms. The van der Waals surface area contributed by atoms with Crippen LogP contribution in [0.15, 0.2) is 28.7 Å². The molecule has 0 amide bonds. The van der Waals surface area contributed by atoms with Crippen LogP contribution in [0, 0.1) is 0 Å². The largest absolute Gasteiger partial charge is 0.507 e. The van der Waals surface area contributed by atoms with Crippen molar-refractivity contribution in [3.63, 3.8) is 0 Å². The lowest BCUT2D eigenvalue weighted by Crippen LogP contribution is -2.02. The van der Waals surface area contributed by atoms with Gasteiger partial charge in [0.2, 0.25) is 0 Å². The Labute approximate surface area is 100 Å². The second kappa shape index (κ2) is 5.01. The molecule has 4 heteroatoms. The van der Waals surface area contributed by atoms with E-state index in [2.05, 4.69) is 4.98 Å². The number of nitrogens with zero attached hydrogens (tertiary/aromatic N) is 1. The number of hydrogen-bond donors (Lipinski definition) is 2. The molecule has 1 heterocycles. The van der Waals surface area contributed by atoms with Crippen LogP contribution in [0.3, 0.4) is 0 Å². The second-order valence-electron chi connectivity index (χ2n) is 3.79. The van der Waals surface area contributed by atoms with Crippen molar-refractivity contribution >= 4 is 0 Å². The summed E-state index contributed by atoms with van der Waals surface area (Å²) in [5, 5.41) is 9.82. The van der Waals surface area contributed by atoms with Gasteiger partial charge in [0.1, 0.15) is 17.2 Å². The summed E-state index contributed by atoms with van der Waals surface area (Å²) < 4.78 is 5.61. The number of aromatic nitrogens is 1. The fourth-order valence-electron chi connectivity index (χ4n) is 1.75. The van der Waals surface area contributed by atoms with Crippen molar-refractivity contribution in [1.82, 2.24) is 4.98 Å². The molecule has 0 unspecified atom stereocenters. The molecule has 3 N–H and O–H groups in total. The maximum Gasteiger partial charge on any atom is 0.196 e. The highest BCUT2D eigenvalue weighted by Gasteiger charge is 2.15. The molecule has 2 rings (SSSR count). The van der Waals surface area contributed by atoms with Gasteiger partial charge in [0.05, 0.1) is 0 Å². The molecule has 0 saturated carbocycles. The summed E-state index contributed by atoms with van der Waals surface area (Å²) in [6.07, 6.45) is 1.35. The first-order chi connectivity index (χ1) is 8.26. The summed E-state index contributed by atoms with van der Waals surface area (Å²) in [4.78, 5) is 4.40. The van der Waals surface area contributed by atoms with Gasteiger partial charge in [-0.2, -0.15) is 0 Å². The lowest BCUT2D eigenvalue weighted by Gasteiger charge is -2.01. The number of rotatable bonds is 4. The molecule has 0 fully saturated rings. The molecule has 0 aliphatic rings. The van der Waals surface area contributed by atoms with Crippen molar-refractivity contribution in [3.05, 3.63) is 35.9 Å². The Morgan fingerprint density at radius 2 is 2.12 bits per heavy atom. The van der Waals surface area contributed by atoms with E-state index in [1.165, 1.54) is 0 Å². The predicted molar refractivity (Wildman–Crippen MR) is 65.7 cm³/mol. The van der Waals surface area contributed by atoms with Crippen LogP contribution >= 0.6 is 0 Å². The van der Waals surface area contributed by atoms with E-state index in [4.69, 9.17) is 10.2 Å². The molecule has 2 aromatic rings. The predicted octanol–water partition coefficient (Wildman–Crippen LogP) is 2.11. The molecular formula is C13H16N2O2. The van der Waals surface area contributed by atoms with Crippen LogP contribution in [-0.4, -0.2) is 16.6 Å². The van der Waals surface area contributed by atoms with E-state index < -0.39 is 0 Å². The van der Waals surface area contributed by atoms with Crippen LogP contribution in [-0.2, 0) is 12.8 Å². The fraction of sp³-hybridized carbons (Fsp3) is 0.308. The van der Waals surface area contributed by atoms with Gasteiger partial charge in [-0.1, -0.05) is 19.1 Å². The van der Waals surface area contributed by atoms with Gasteiger partial charge in [0.25, 0.3) is 0 Å². The SMILES string of the molecule is CCc1oc(CCN)nc1-c1ccccc1O. The van der Waals surface area contributed by atoms with Crippen molar-refractivity contribution in [1.29, 1.82) is 0 Å². The summed E-state index contributed by atoms with van der Waals surface area (Å²) in [6.45, 7) is 2.50. The molecule has 0 radical (unpaired) electrons. The molecule has 0 bridgehead atoms. The van der Waals surface area contributed by atoms with Crippen molar-refractivity contribution < 1.29 is 9.52 Å². The number of para-hydroxylation sites is 1. The van der Waals surface area contributed by atoms with Crippen LogP contribution in [0.2, 0.25) is 0 Å². The number of phenolic OH excluding ortho intramolecular Hbond substituents is 1. The molecule has 0 saturated heterocycles. The van der Waals surface area contributed by atoms with E-state index in [1.54, 1.807) is 12.1 Å². The van der Waals surface area contributed by atoms with Crippen molar-refractivity contribution in [2.24, 2.45) is 5.73 Å². The van der Waals surface area contributed by atoms with Gasteiger partial charge in [0.15, 0.2) is 5.89 Å². The maximum absolute atomic E-state index is 9.82. The molecule has 90 valence electrons. The zero-order chi connectivity index (χ0) is 12.3. The molecule has 4 nitrogen and oxygen atoms in total. The summed E-state index contributed by atoms with van der Waals surface area (Å²) in [5.41, 5.74) is 6.90. The lowest BCUT2D eigenvalue weighted by atomic mass is 10.1. The summed E-state index contributed by atoms with van der Waals surface area (Å²) >= 11 is 0. The third kappa shape index (κ3) is 2.31. The van der Waals surface area contributed by atoms with E-state index in [0.717, 1.165) is 12.2 Å². The summed E-state index contributed by atoms with van der Waals surface area (Å²) in [6, 6.07) is 7.13. The summed E-state index contributed by atoms with van der Waals surface area (Å²) in [7, 11) is 0. The number of aromatic hydroxyl groups is 1. The highest BCUT2D eigenvalue weighted by atomic mass is 16.4. The fourth-order valence-corrected chi connectivity index (χ4v) is 1.75. The Morgan fingerprint density at radius 3 is 2.76 bits per heavy atom. The minimum absolute atomic E-state index is 0.217. The Balaban J connectivity index is 2.47. The standard InChI is InChI=1S/C13H16N2O2/c1-2-11-13(15-12(17-11)7-8-14)9-5-3-4-6-10(9)16/h3-6,16H,2,7-8,14H2,1H3. The average molecular weight is 232 g/mol. The lowest BCUT2D eigenvalue weighted by molar-refractivity contribution is 0.459. The number of hydrogen-bond acceptors (Lipinski definition) is 4. The summed E-state index contributed by atoms with van der Waals surface area (Å²) in [5.74, 6) is 1.63. The first kappa shape index (κ1) is 11.7. The first-order valence-corrected chi connectivity index (χ1v) is 5.73. The Hall–Kier alpha value is -1.81. The monoisotopic (exact) mass is 232 g/mol. The smallest absolute Gasteiger partial charge is 0.196 e. The minimum atomic E-state index is 0.217.